The topological polar surface area (TPSA) is 75.4 Å². The molecule has 0 saturated carbocycles. The third-order valence-corrected chi connectivity index (χ3v) is 3.16. The molecule has 4 N–H and O–H groups in total. The Morgan fingerprint density at radius 1 is 1.30 bits per heavy atom. The van der Waals surface area contributed by atoms with Crippen molar-refractivity contribution in [3.05, 3.63) is 35.4 Å². The van der Waals surface area contributed by atoms with Gasteiger partial charge in [-0.3, -0.25) is 4.79 Å². The summed E-state index contributed by atoms with van der Waals surface area (Å²) < 4.78 is 0. The average molecular weight is 278 g/mol. The van der Waals surface area contributed by atoms with Gasteiger partial charge in [-0.15, -0.1) is 0 Å². The van der Waals surface area contributed by atoms with Gasteiger partial charge >= 0.3 is 0 Å². The molecule has 2 unspecified atom stereocenters. The van der Waals surface area contributed by atoms with Gasteiger partial charge in [-0.2, -0.15) is 0 Å². The number of nitrogens with one attached hydrogen (secondary N) is 1. The minimum absolute atomic E-state index is 0.0922. The van der Waals surface area contributed by atoms with Crippen molar-refractivity contribution in [2.75, 3.05) is 6.54 Å². The van der Waals surface area contributed by atoms with E-state index in [0.717, 1.165) is 5.56 Å². The van der Waals surface area contributed by atoms with E-state index in [4.69, 9.17) is 5.73 Å². The normalized spacial score (nSPS) is 14.7. The van der Waals surface area contributed by atoms with Crippen LogP contribution in [0.2, 0.25) is 0 Å². The van der Waals surface area contributed by atoms with Crippen molar-refractivity contribution < 1.29 is 9.90 Å². The third-order valence-electron chi connectivity index (χ3n) is 3.16. The minimum Gasteiger partial charge on any atom is -0.387 e. The number of hydrogen-bond donors (Lipinski definition) is 3. The van der Waals surface area contributed by atoms with E-state index < -0.39 is 6.10 Å². The standard InChI is InChI=1S/C16H26N2O2/c1-11(17)9-15(20)18-10-14(19)12-5-7-13(8-6-12)16(2,3)4/h5-8,11,14,19H,9-10,17H2,1-4H3,(H,18,20). The Kier molecular flexibility index (Phi) is 5.72. The molecule has 2 atom stereocenters. The zero-order valence-corrected chi connectivity index (χ0v) is 12.8. The van der Waals surface area contributed by atoms with Gasteiger partial charge in [0.05, 0.1) is 6.10 Å². The van der Waals surface area contributed by atoms with Crippen LogP contribution in [0.15, 0.2) is 24.3 Å². The molecule has 1 aromatic rings. The Morgan fingerprint density at radius 2 is 1.85 bits per heavy atom. The highest BCUT2D eigenvalue weighted by Crippen LogP contribution is 2.23. The van der Waals surface area contributed by atoms with Crippen LogP contribution in [-0.2, 0) is 10.2 Å². The first-order valence-corrected chi connectivity index (χ1v) is 7.01. The van der Waals surface area contributed by atoms with E-state index in [1.54, 1.807) is 6.92 Å². The Balaban J connectivity index is 2.56. The molecule has 4 heteroatoms. The number of amides is 1. The molecule has 0 fully saturated rings. The monoisotopic (exact) mass is 278 g/mol. The molecule has 20 heavy (non-hydrogen) atoms. The van der Waals surface area contributed by atoms with E-state index >= 15 is 0 Å². The molecule has 112 valence electrons. The SMILES string of the molecule is CC(N)CC(=O)NCC(O)c1ccc(C(C)(C)C)cc1. The lowest BCUT2D eigenvalue weighted by molar-refractivity contribution is -0.121. The van der Waals surface area contributed by atoms with Gasteiger partial charge in [-0.25, -0.2) is 0 Å². The van der Waals surface area contributed by atoms with Crippen molar-refractivity contribution >= 4 is 5.91 Å². The maximum Gasteiger partial charge on any atom is 0.221 e. The molecule has 0 bridgehead atoms. The lowest BCUT2D eigenvalue weighted by atomic mass is 9.86. The Hall–Kier alpha value is -1.39. The van der Waals surface area contributed by atoms with E-state index in [-0.39, 0.29) is 30.3 Å². The van der Waals surface area contributed by atoms with Gasteiger partial charge in [0, 0.05) is 19.0 Å². The van der Waals surface area contributed by atoms with Gasteiger partial charge in [-0.05, 0) is 23.5 Å². The molecule has 0 aliphatic carbocycles. The summed E-state index contributed by atoms with van der Waals surface area (Å²) in [6.07, 6.45) is -0.420. The van der Waals surface area contributed by atoms with Crippen LogP contribution in [0.25, 0.3) is 0 Å². The predicted molar refractivity (Wildman–Crippen MR) is 81.4 cm³/mol. The molecule has 0 spiro atoms. The van der Waals surface area contributed by atoms with Crippen LogP contribution in [0, 0.1) is 0 Å². The van der Waals surface area contributed by atoms with Gasteiger partial charge in [0.25, 0.3) is 0 Å². The second kappa shape index (κ2) is 6.86. The first-order valence-electron chi connectivity index (χ1n) is 7.01. The van der Waals surface area contributed by atoms with E-state index in [2.05, 4.69) is 26.1 Å². The second-order valence-corrected chi connectivity index (χ2v) is 6.37. The summed E-state index contributed by atoms with van der Waals surface area (Å²) >= 11 is 0. The molecule has 0 aromatic heterocycles. The van der Waals surface area contributed by atoms with Crippen LogP contribution in [0.3, 0.4) is 0 Å². The van der Waals surface area contributed by atoms with E-state index in [9.17, 15) is 9.90 Å². The van der Waals surface area contributed by atoms with E-state index in [0.29, 0.717) is 0 Å². The van der Waals surface area contributed by atoms with Gasteiger partial charge in [0.15, 0.2) is 0 Å². The molecule has 1 amide bonds. The number of nitrogens with two attached hydrogens (primary N) is 1. The number of benzene rings is 1. The van der Waals surface area contributed by atoms with Crippen LogP contribution in [0.1, 0.15) is 51.3 Å². The fraction of sp³-hybridized carbons (Fsp3) is 0.562. The predicted octanol–water partition coefficient (Wildman–Crippen LogP) is 1.87. The fourth-order valence-corrected chi connectivity index (χ4v) is 1.90. The van der Waals surface area contributed by atoms with Gasteiger partial charge < -0.3 is 16.2 Å². The summed E-state index contributed by atoms with van der Waals surface area (Å²) in [5.41, 5.74) is 7.66. The number of carbonyl (C=O) groups excluding carboxylic acids is 1. The zero-order valence-electron chi connectivity index (χ0n) is 12.8. The quantitative estimate of drug-likeness (QED) is 0.769. The molecule has 1 aromatic carbocycles. The van der Waals surface area contributed by atoms with E-state index in [1.165, 1.54) is 5.56 Å². The maximum absolute atomic E-state index is 11.5. The lowest BCUT2D eigenvalue weighted by Gasteiger charge is -2.20. The van der Waals surface area contributed by atoms with Crippen LogP contribution >= 0.6 is 0 Å². The summed E-state index contributed by atoms with van der Waals surface area (Å²) in [5.74, 6) is -0.134. The van der Waals surface area contributed by atoms with E-state index in [1.807, 2.05) is 24.3 Å². The van der Waals surface area contributed by atoms with Crippen molar-refractivity contribution in [1.29, 1.82) is 0 Å². The molecule has 0 saturated heterocycles. The highest BCUT2D eigenvalue weighted by atomic mass is 16.3. The number of rotatable bonds is 5. The minimum atomic E-state index is -0.693. The summed E-state index contributed by atoms with van der Waals surface area (Å²) in [5, 5.41) is 12.7. The van der Waals surface area contributed by atoms with Crippen molar-refractivity contribution in [2.45, 2.75) is 51.7 Å². The first-order chi connectivity index (χ1) is 9.20. The van der Waals surface area contributed by atoms with Crippen LogP contribution in [0.4, 0.5) is 0 Å². The Bertz CT molecular complexity index is 433. The number of aliphatic hydroxyl groups excluding tert-OH is 1. The fourth-order valence-electron chi connectivity index (χ4n) is 1.90. The highest BCUT2D eigenvalue weighted by molar-refractivity contribution is 5.76. The summed E-state index contributed by atoms with van der Waals surface area (Å²) in [6.45, 7) is 8.42. The van der Waals surface area contributed by atoms with Crippen LogP contribution in [0.5, 0.6) is 0 Å². The lowest BCUT2D eigenvalue weighted by Crippen LogP contribution is -2.32. The maximum atomic E-state index is 11.5. The van der Waals surface area contributed by atoms with Crippen LogP contribution in [-0.4, -0.2) is 23.6 Å². The molecule has 4 nitrogen and oxygen atoms in total. The summed E-state index contributed by atoms with van der Waals surface area (Å²) in [6, 6.07) is 7.68. The molecule has 0 aliphatic rings. The largest absolute Gasteiger partial charge is 0.387 e. The first kappa shape index (κ1) is 16.7. The number of hydrogen-bond acceptors (Lipinski definition) is 3. The molecule has 0 radical (unpaired) electrons. The van der Waals surface area contributed by atoms with Crippen molar-refractivity contribution in [2.24, 2.45) is 5.73 Å². The van der Waals surface area contributed by atoms with Crippen LogP contribution < -0.4 is 11.1 Å². The number of carbonyl (C=O) groups is 1. The van der Waals surface area contributed by atoms with Gasteiger partial charge in [0.1, 0.15) is 0 Å². The van der Waals surface area contributed by atoms with Gasteiger partial charge in [0.2, 0.25) is 5.91 Å². The van der Waals surface area contributed by atoms with Gasteiger partial charge in [-0.1, -0.05) is 45.0 Å². The smallest absolute Gasteiger partial charge is 0.221 e. The molecule has 1 rings (SSSR count). The number of aliphatic hydroxyl groups is 1. The molecular formula is C16H26N2O2. The molecule has 0 aliphatic heterocycles. The Morgan fingerprint density at radius 3 is 2.30 bits per heavy atom. The Labute approximate surface area is 121 Å². The molecular weight excluding hydrogens is 252 g/mol. The summed E-state index contributed by atoms with van der Waals surface area (Å²) in [4.78, 5) is 11.5. The second-order valence-electron chi connectivity index (χ2n) is 6.37. The molecule has 0 heterocycles. The average Bonchev–Trinajstić information content (AvgIpc) is 2.34. The van der Waals surface area contributed by atoms with Crippen molar-refractivity contribution in [3.8, 4) is 0 Å². The zero-order chi connectivity index (χ0) is 15.3. The van der Waals surface area contributed by atoms with Crippen molar-refractivity contribution in [1.82, 2.24) is 5.32 Å². The summed E-state index contributed by atoms with van der Waals surface area (Å²) in [7, 11) is 0. The highest BCUT2D eigenvalue weighted by Gasteiger charge is 2.15. The van der Waals surface area contributed by atoms with Crippen molar-refractivity contribution in [3.63, 3.8) is 0 Å². The third kappa shape index (κ3) is 5.31.